The third-order valence-corrected chi connectivity index (χ3v) is 2.58. The summed E-state index contributed by atoms with van der Waals surface area (Å²) < 4.78 is 0. The van der Waals surface area contributed by atoms with Crippen molar-refractivity contribution in [2.75, 3.05) is 24.5 Å². The van der Waals surface area contributed by atoms with Gasteiger partial charge in [-0.05, 0) is 31.5 Å². The highest BCUT2D eigenvalue weighted by molar-refractivity contribution is 6.30. The molecule has 0 saturated heterocycles. The number of nitrogens with zero attached hydrogens (tertiary/aromatic N) is 2. The van der Waals surface area contributed by atoms with Gasteiger partial charge in [-0.15, -0.1) is 0 Å². The lowest BCUT2D eigenvalue weighted by atomic mass is 10.1. The molecule has 0 saturated carbocycles. The van der Waals surface area contributed by atoms with Crippen molar-refractivity contribution in [3.05, 3.63) is 23.4 Å². The Bertz CT molecular complexity index is 286. The van der Waals surface area contributed by atoms with Gasteiger partial charge in [0.25, 0.3) is 0 Å². The Morgan fingerprint density at radius 2 is 2.27 bits per heavy atom. The van der Waals surface area contributed by atoms with E-state index in [4.69, 9.17) is 17.3 Å². The molecule has 0 bridgehead atoms. The molecule has 0 aliphatic heterocycles. The van der Waals surface area contributed by atoms with Gasteiger partial charge in [0.15, 0.2) is 0 Å². The zero-order chi connectivity index (χ0) is 11.3. The van der Waals surface area contributed by atoms with Crippen LogP contribution in [0.4, 0.5) is 5.82 Å². The van der Waals surface area contributed by atoms with Crippen molar-refractivity contribution in [2.24, 2.45) is 11.7 Å². The molecule has 3 nitrogen and oxygen atoms in total. The van der Waals surface area contributed by atoms with Crippen LogP contribution in [0.2, 0.25) is 5.02 Å². The van der Waals surface area contributed by atoms with Crippen LogP contribution in [0.5, 0.6) is 0 Å². The third kappa shape index (κ3) is 3.68. The smallest absolute Gasteiger partial charge is 0.128 e. The van der Waals surface area contributed by atoms with Crippen molar-refractivity contribution in [1.82, 2.24) is 4.98 Å². The van der Waals surface area contributed by atoms with Crippen molar-refractivity contribution in [3.63, 3.8) is 0 Å². The van der Waals surface area contributed by atoms with Crippen LogP contribution in [0.25, 0.3) is 0 Å². The van der Waals surface area contributed by atoms with Crippen LogP contribution in [0.3, 0.4) is 0 Å². The Kier molecular flexibility index (Phi) is 4.85. The first-order valence-corrected chi connectivity index (χ1v) is 5.61. The van der Waals surface area contributed by atoms with Crippen LogP contribution in [0.1, 0.15) is 13.8 Å². The predicted molar refractivity (Wildman–Crippen MR) is 65.4 cm³/mol. The second-order valence-electron chi connectivity index (χ2n) is 3.71. The van der Waals surface area contributed by atoms with Crippen LogP contribution in [0.15, 0.2) is 18.3 Å². The van der Waals surface area contributed by atoms with Crippen molar-refractivity contribution in [2.45, 2.75) is 13.8 Å². The first kappa shape index (κ1) is 12.3. The number of hydrogen-bond donors (Lipinski definition) is 1. The number of anilines is 1. The van der Waals surface area contributed by atoms with E-state index in [1.165, 1.54) is 0 Å². The molecule has 0 fully saturated rings. The average Bonchev–Trinajstić information content (AvgIpc) is 2.27. The molecule has 84 valence electrons. The average molecular weight is 228 g/mol. The van der Waals surface area contributed by atoms with Crippen molar-refractivity contribution in [1.29, 1.82) is 0 Å². The minimum absolute atomic E-state index is 0.474. The standard InChI is InChI=1S/C11H18ClN3/c1-3-15(8-9(2)6-13)11-5-4-10(12)7-14-11/h4-5,7,9H,3,6,8,13H2,1-2H3. The number of hydrogen-bond acceptors (Lipinski definition) is 3. The summed E-state index contributed by atoms with van der Waals surface area (Å²) in [5.74, 6) is 1.43. The number of nitrogens with two attached hydrogens (primary N) is 1. The number of pyridine rings is 1. The van der Waals surface area contributed by atoms with E-state index in [0.29, 0.717) is 17.5 Å². The van der Waals surface area contributed by atoms with Crippen molar-refractivity contribution in [3.8, 4) is 0 Å². The predicted octanol–water partition coefficient (Wildman–Crippen LogP) is 2.16. The molecule has 1 unspecified atom stereocenters. The number of aromatic nitrogens is 1. The summed E-state index contributed by atoms with van der Waals surface area (Å²) in [6.45, 7) is 6.81. The van der Waals surface area contributed by atoms with Crippen molar-refractivity contribution >= 4 is 17.4 Å². The Labute approximate surface area is 96.2 Å². The Hall–Kier alpha value is -0.800. The summed E-state index contributed by atoms with van der Waals surface area (Å²) >= 11 is 5.79. The van der Waals surface area contributed by atoms with Gasteiger partial charge in [0.2, 0.25) is 0 Å². The van der Waals surface area contributed by atoms with Crippen LogP contribution < -0.4 is 10.6 Å². The maximum Gasteiger partial charge on any atom is 0.128 e. The van der Waals surface area contributed by atoms with E-state index in [2.05, 4.69) is 23.7 Å². The molecule has 0 spiro atoms. The van der Waals surface area contributed by atoms with Gasteiger partial charge >= 0.3 is 0 Å². The molecule has 0 amide bonds. The Morgan fingerprint density at radius 1 is 1.53 bits per heavy atom. The highest BCUT2D eigenvalue weighted by Gasteiger charge is 2.09. The fourth-order valence-corrected chi connectivity index (χ4v) is 1.50. The molecule has 1 aromatic rings. The summed E-state index contributed by atoms with van der Waals surface area (Å²) in [6, 6.07) is 3.80. The van der Waals surface area contributed by atoms with E-state index < -0.39 is 0 Å². The van der Waals surface area contributed by atoms with E-state index in [-0.39, 0.29) is 0 Å². The van der Waals surface area contributed by atoms with Crippen LogP contribution in [-0.4, -0.2) is 24.6 Å². The van der Waals surface area contributed by atoms with Gasteiger partial charge in [-0.1, -0.05) is 18.5 Å². The van der Waals surface area contributed by atoms with Gasteiger partial charge in [0.1, 0.15) is 5.82 Å². The quantitative estimate of drug-likeness (QED) is 0.838. The van der Waals surface area contributed by atoms with Crippen LogP contribution in [-0.2, 0) is 0 Å². The van der Waals surface area contributed by atoms with Crippen molar-refractivity contribution < 1.29 is 0 Å². The molecule has 1 rings (SSSR count). The molecule has 1 aromatic heterocycles. The van der Waals surface area contributed by atoms with E-state index in [0.717, 1.165) is 18.9 Å². The zero-order valence-electron chi connectivity index (χ0n) is 9.28. The maximum absolute atomic E-state index is 5.79. The Morgan fingerprint density at radius 3 is 2.73 bits per heavy atom. The monoisotopic (exact) mass is 227 g/mol. The van der Waals surface area contributed by atoms with Gasteiger partial charge < -0.3 is 10.6 Å². The SMILES string of the molecule is CCN(CC(C)CN)c1ccc(Cl)cn1. The summed E-state index contributed by atoms with van der Waals surface area (Å²) in [5, 5.41) is 0.668. The summed E-state index contributed by atoms with van der Waals surface area (Å²) in [5.41, 5.74) is 5.61. The molecule has 15 heavy (non-hydrogen) atoms. The fourth-order valence-electron chi connectivity index (χ4n) is 1.39. The molecule has 0 aromatic carbocycles. The van der Waals surface area contributed by atoms with Gasteiger partial charge in [-0.2, -0.15) is 0 Å². The van der Waals surface area contributed by atoms with E-state index in [1.54, 1.807) is 6.20 Å². The van der Waals surface area contributed by atoms with Crippen LogP contribution >= 0.6 is 11.6 Å². The molecule has 0 aliphatic rings. The molecule has 2 N–H and O–H groups in total. The zero-order valence-corrected chi connectivity index (χ0v) is 10.0. The van der Waals surface area contributed by atoms with Gasteiger partial charge in [0, 0.05) is 19.3 Å². The normalized spacial score (nSPS) is 12.5. The molecular formula is C11H18ClN3. The lowest BCUT2D eigenvalue weighted by Gasteiger charge is -2.24. The minimum atomic E-state index is 0.474. The highest BCUT2D eigenvalue weighted by Crippen LogP contribution is 2.15. The summed E-state index contributed by atoms with van der Waals surface area (Å²) in [6.07, 6.45) is 1.67. The Balaban J connectivity index is 2.69. The topological polar surface area (TPSA) is 42.1 Å². The number of halogens is 1. The largest absolute Gasteiger partial charge is 0.357 e. The maximum atomic E-state index is 5.79. The second kappa shape index (κ2) is 5.93. The van der Waals surface area contributed by atoms with Gasteiger partial charge in [-0.25, -0.2) is 4.98 Å². The van der Waals surface area contributed by atoms with E-state index in [9.17, 15) is 0 Å². The molecule has 1 atom stereocenters. The molecule has 1 heterocycles. The minimum Gasteiger partial charge on any atom is -0.357 e. The first-order chi connectivity index (χ1) is 7.17. The second-order valence-corrected chi connectivity index (χ2v) is 4.15. The third-order valence-electron chi connectivity index (χ3n) is 2.35. The summed E-state index contributed by atoms with van der Waals surface area (Å²) in [4.78, 5) is 6.49. The van der Waals surface area contributed by atoms with Crippen LogP contribution in [0, 0.1) is 5.92 Å². The summed E-state index contributed by atoms with van der Waals surface area (Å²) in [7, 11) is 0. The first-order valence-electron chi connectivity index (χ1n) is 5.24. The lowest BCUT2D eigenvalue weighted by Crippen LogP contribution is -2.31. The van der Waals surface area contributed by atoms with E-state index >= 15 is 0 Å². The highest BCUT2D eigenvalue weighted by atomic mass is 35.5. The molecular weight excluding hydrogens is 210 g/mol. The molecule has 0 aliphatic carbocycles. The van der Waals surface area contributed by atoms with Gasteiger partial charge in [0.05, 0.1) is 5.02 Å². The molecule has 4 heteroatoms. The van der Waals surface area contributed by atoms with E-state index in [1.807, 2.05) is 12.1 Å². The fraction of sp³-hybridized carbons (Fsp3) is 0.545. The number of rotatable bonds is 5. The lowest BCUT2D eigenvalue weighted by molar-refractivity contribution is 0.573. The molecule has 0 radical (unpaired) electrons. The van der Waals surface area contributed by atoms with Gasteiger partial charge in [-0.3, -0.25) is 0 Å².